The smallest absolute Gasteiger partial charge is 0.148 e. The third-order valence-electron chi connectivity index (χ3n) is 2.00. The van der Waals surface area contributed by atoms with Gasteiger partial charge in [0.25, 0.3) is 0 Å². The lowest BCUT2D eigenvalue weighted by Crippen LogP contribution is -2.21. The molecule has 1 nitrogen and oxygen atoms in total. The quantitative estimate of drug-likeness (QED) is 0.777. The molecule has 3 heteroatoms. The van der Waals surface area contributed by atoms with E-state index in [4.69, 9.17) is 0 Å². The molecular weight excluding hydrogens is 272 g/mol. The highest BCUT2D eigenvalue weighted by atomic mass is 79.9. The molecule has 1 rings (SSSR count). The van der Waals surface area contributed by atoms with Crippen LogP contribution in [0.15, 0.2) is 33.6 Å². The Bertz CT molecular complexity index is 355. The van der Waals surface area contributed by atoms with E-state index in [1.807, 2.05) is 45.0 Å². The summed E-state index contributed by atoms with van der Waals surface area (Å²) in [6.07, 6.45) is 0. The van der Waals surface area contributed by atoms with Crippen molar-refractivity contribution >= 4 is 33.5 Å². The van der Waals surface area contributed by atoms with E-state index < -0.39 is 0 Å². The zero-order valence-electron chi connectivity index (χ0n) is 9.21. The van der Waals surface area contributed by atoms with Crippen molar-refractivity contribution in [3.05, 3.63) is 28.7 Å². The molecule has 0 spiro atoms. The van der Waals surface area contributed by atoms with Gasteiger partial charge in [-0.25, -0.2) is 0 Å². The van der Waals surface area contributed by atoms with Crippen LogP contribution >= 0.6 is 27.7 Å². The molecule has 0 amide bonds. The van der Waals surface area contributed by atoms with Crippen molar-refractivity contribution in [1.29, 1.82) is 0 Å². The Kier molecular flexibility index (Phi) is 4.41. The zero-order chi connectivity index (χ0) is 11.5. The molecule has 1 aromatic rings. The summed E-state index contributed by atoms with van der Waals surface area (Å²) in [5.74, 6) is 0.826. The maximum atomic E-state index is 11.7. The second-order valence-electron chi connectivity index (χ2n) is 4.42. The number of Topliss-reactive ketones (excluding diaryl/α,β-unsaturated/α-hetero) is 1. The summed E-state index contributed by atoms with van der Waals surface area (Å²) < 4.78 is 1.05. The first-order chi connectivity index (χ1) is 6.89. The first-order valence-electron chi connectivity index (χ1n) is 4.81. The van der Waals surface area contributed by atoms with E-state index in [2.05, 4.69) is 15.9 Å². The molecule has 0 heterocycles. The molecule has 0 N–H and O–H groups in total. The second-order valence-corrected chi connectivity index (χ2v) is 6.38. The molecular formula is C12H15BrOS. The molecule has 0 unspecified atom stereocenters. The van der Waals surface area contributed by atoms with Crippen molar-refractivity contribution in [1.82, 2.24) is 0 Å². The summed E-state index contributed by atoms with van der Waals surface area (Å²) in [4.78, 5) is 12.8. The summed E-state index contributed by atoms with van der Waals surface area (Å²) in [5, 5.41) is 0. The van der Waals surface area contributed by atoms with E-state index in [1.165, 1.54) is 0 Å². The van der Waals surface area contributed by atoms with Crippen LogP contribution in [0.5, 0.6) is 0 Å². The monoisotopic (exact) mass is 286 g/mol. The van der Waals surface area contributed by atoms with E-state index in [1.54, 1.807) is 11.8 Å². The number of hydrogen-bond donors (Lipinski definition) is 0. The molecule has 0 bridgehead atoms. The Labute approximate surface area is 104 Å². The third kappa shape index (κ3) is 4.39. The van der Waals surface area contributed by atoms with Crippen LogP contribution in [0.4, 0.5) is 0 Å². The van der Waals surface area contributed by atoms with Crippen LogP contribution in [0.1, 0.15) is 20.8 Å². The predicted molar refractivity (Wildman–Crippen MR) is 69.3 cm³/mol. The third-order valence-corrected chi connectivity index (χ3v) is 3.49. The molecule has 0 aliphatic heterocycles. The molecule has 0 aliphatic carbocycles. The molecule has 0 saturated carbocycles. The predicted octanol–water partition coefficient (Wildman–Crippen LogP) is 4.16. The standard InChI is InChI=1S/C12H15BrOS/c1-12(2,3)11(14)8-15-10-6-4-5-9(13)7-10/h4-7H,8H2,1-3H3. The fourth-order valence-corrected chi connectivity index (χ4v) is 2.59. The lowest BCUT2D eigenvalue weighted by molar-refractivity contribution is -0.123. The molecule has 0 saturated heterocycles. The Hall–Kier alpha value is -0.280. The van der Waals surface area contributed by atoms with Gasteiger partial charge in [0.05, 0.1) is 5.75 Å². The average molecular weight is 287 g/mol. The van der Waals surface area contributed by atoms with Crippen molar-refractivity contribution in [2.45, 2.75) is 25.7 Å². The summed E-state index contributed by atoms with van der Waals surface area (Å²) in [6, 6.07) is 8.01. The fourth-order valence-electron chi connectivity index (χ4n) is 0.922. The largest absolute Gasteiger partial charge is 0.298 e. The normalized spacial score (nSPS) is 11.5. The Balaban J connectivity index is 2.55. The number of rotatable bonds is 3. The van der Waals surface area contributed by atoms with E-state index in [0.717, 1.165) is 9.37 Å². The lowest BCUT2D eigenvalue weighted by Gasteiger charge is -2.15. The average Bonchev–Trinajstić information content (AvgIpc) is 2.12. The van der Waals surface area contributed by atoms with Gasteiger partial charge in [0.15, 0.2) is 0 Å². The van der Waals surface area contributed by atoms with Crippen molar-refractivity contribution in [2.24, 2.45) is 5.41 Å². The fraction of sp³-hybridized carbons (Fsp3) is 0.417. The van der Waals surface area contributed by atoms with Gasteiger partial charge in [0, 0.05) is 14.8 Å². The Morgan fingerprint density at radius 1 is 1.40 bits per heavy atom. The second kappa shape index (κ2) is 5.17. The van der Waals surface area contributed by atoms with E-state index in [9.17, 15) is 4.79 Å². The van der Waals surface area contributed by atoms with Gasteiger partial charge >= 0.3 is 0 Å². The van der Waals surface area contributed by atoms with Crippen LogP contribution in [0, 0.1) is 5.41 Å². The number of halogens is 1. The number of ketones is 1. The van der Waals surface area contributed by atoms with Gasteiger partial charge in [-0.15, -0.1) is 11.8 Å². The summed E-state index contributed by atoms with van der Waals surface area (Å²) >= 11 is 5.00. The van der Waals surface area contributed by atoms with Crippen LogP contribution in [0.25, 0.3) is 0 Å². The first-order valence-corrected chi connectivity index (χ1v) is 6.59. The van der Waals surface area contributed by atoms with E-state index in [0.29, 0.717) is 5.75 Å². The van der Waals surface area contributed by atoms with Gasteiger partial charge in [0.2, 0.25) is 0 Å². The maximum Gasteiger partial charge on any atom is 0.148 e. The molecule has 0 radical (unpaired) electrons. The van der Waals surface area contributed by atoms with Gasteiger partial charge in [-0.1, -0.05) is 42.8 Å². The topological polar surface area (TPSA) is 17.1 Å². The van der Waals surface area contributed by atoms with Gasteiger partial charge in [-0.3, -0.25) is 4.79 Å². The van der Waals surface area contributed by atoms with Crippen LogP contribution in [0.3, 0.4) is 0 Å². The molecule has 1 aromatic carbocycles. The summed E-state index contributed by atoms with van der Waals surface area (Å²) in [7, 11) is 0. The van der Waals surface area contributed by atoms with E-state index >= 15 is 0 Å². The number of carbonyl (C=O) groups excluding carboxylic acids is 1. The zero-order valence-corrected chi connectivity index (χ0v) is 11.6. The minimum absolute atomic E-state index is 0.237. The van der Waals surface area contributed by atoms with Crippen LogP contribution < -0.4 is 0 Å². The molecule has 0 fully saturated rings. The number of carbonyl (C=O) groups is 1. The molecule has 0 aromatic heterocycles. The number of benzene rings is 1. The highest BCUT2D eigenvalue weighted by Crippen LogP contribution is 2.25. The highest BCUT2D eigenvalue weighted by molar-refractivity contribution is 9.10. The van der Waals surface area contributed by atoms with E-state index in [-0.39, 0.29) is 11.2 Å². The molecule has 82 valence electrons. The maximum absolute atomic E-state index is 11.7. The minimum Gasteiger partial charge on any atom is -0.298 e. The minimum atomic E-state index is -0.237. The SMILES string of the molecule is CC(C)(C)C(=O)CSc1cccc(Br)c1. The van der Waals surface area contributed by atoms with Crippen LogP contribution in [-0.2, 0) is 4.79 Å². The summed E-state index contributed by atoms with van der Waals surface area (Å²) in [6.45, 7) is 5.87. The van der Waals surface area contributed by atoms with Crippen molar-refractivity contribution in [3.8, 4) is 0 Å². The Morgan fingerprint density at radius 3 is 2.60 bits per heavy atom. The highest BCUT2D eigenvalue weighted by Gasteiger charge is 2.20. The van der Waals surface area contributed by atoms with Gasteiger partial charge in [-0.05, 0) is 18.2 Å². The van der Waals surface area contributed by atoms with Gasteiger partial charge in [0.1, 0.15) is 5.78 Å². The van der Waals surface area contributed by atoms with Gasteiger partial charge in [-0.2, -0.15) is 0 Å². The molecule has 0 aliphatic rings. The lowest BCUT2D eigenvalue weighted by atomic mass is 9.92. The first kappa shape index (κ1) is 12.8. The van der Waals surface area contributed by atoms with Crippen LogP contribution in [0.2, 0.25) is 0 Å². The Morgan fingerprint density at radius 2 is 2.07 bits per heavy atom. The summed E-state index contributed by atoms with van der Waals surface area (Å²) in [5.41, 5.74) is -0.237. The van der Waals surface area contributed by atoms with Gasteiger partial charge < -0.3 is 0 Å². The molecule has 0 atom stereocenters. The van der Waals surface area contributed by atoms with Crippen molar-refractivity contribution < 1.29 is 4.79 Å². The van der Waals surface area contributed by atoms with Crippen LogP contribution in [-0.4, -0.2) is 11.5 Å². The number of thioether (sulfide) groups is 1. The molecule has 15 heavy (non-hydrogen) atoms. The van der Waals surface area contributed by atoms with Crippen molar-refractivity contribution in [2.75, 3.05) is 5.75 Å². The number of hydrogen-bond acceptors (Lipinski definition) is 2. The van der Waals surface area contributed by atoms with Crippen molar-refractivity contribution in [3.63, 3.8) is 0 Å².